The van der Waals surface area contributed by atoms with Gasteiger partial charge in [0.25, 0.3) is 0 Å². The molecule has 1 fully saturated rings. The number of alkyl halides is 3. The Bertz CT molecular complexity index is 612. The van der Waals surface area contributed by atoms with Gasteiger partial charge < -0.3 is 4.74 Å². The molecule has 0 spiro atoms. The van der Waals surface area contributed by atoms with E-state index in [1.165, 1.54) is 31.4 Å². The van der Waals surface area contributed by atoms with Crippen molar-refractivity contribution in [2.45, 2.75) is 51.6 Å². The van der Waals surface area contributed by atoms with Crippen molar-refractivity contribution >= 4 is 5.83 Å². The van der Waals surface area contributed by atoms with E-state index in [1.54, 1.807) is 0 Å². The number of hydrogen-bond donors (Lipinski definition) is 0. The lowest BCUT2D eigenvalue weighted by Gasteiger charge is -2.26. The highest BCUT2D eigenvalue weighted by Crippen LogP contribution is 2.38. The second-order valence-electron chi connectivity index (χ2n) is 7.38. The van der Waals surface area contributed by atoms with Crippen molar-refractivity contribution < 1.29 is 26.7 Å². The van der Waals surface area contributed by atoms with Gasteiger partial charge in [0.05, 0.1) is 12.5 Å². The van der Waals surface area contributed by atoms with E-state index in [-0.39, 0.29) is 12.0 Å². The fourth-order valence-corrected chi connectivity index (χ4v) is 3.68. The second-order valence-corrected chi connectivity index (χ2v) is 7.38. The molecule has 0 saturated heterocycles. The summed E-state index contributed by atoms with van der Waals surface area (Å²) in [5.74, 6) is -3.07. The minimum Gasteiger partial charge on any atom is -0.384 e. The molecular formula is C21H27F5O. The fraction of sp³-hybridized carbons (Fsp3) is 0.619. The predicted octanol–water partition coefficient (Wildman–Crippen LogP) is 6.88. The zero-order valence-corrected chi connectivity index (χ0v) is 15.8. The Labute approximate surface area is 157 Å². The van der Waals surface area contributed by atoms with E-state index in [0.29, 0.717) is 24.3 Å². The normalized spacial score (nSPS) is 23.1. The van der Waals surface area contributed by atoms with Crippen LogP contribution in [0.25, 0.3) is 5.83 Å². The molecule has 1 aromatic rings. The van der Waals surface area contributed by atoms with Gasteiger partial charge in [0.2, 0.25) is 0 Å². The molecule has 0 amide bonds. The zero-order valence-electron chi connectivity index (χ0n) is 15.8. The van der Waals surface area contributed by atoms with Crippen molar-refractivity contribution in [3.63, 3.8) is 0 Å². The Morgan fingerprint density at radius 1 is 1.07 bits per heavy atom. The molecule has 0 bridgehead atoms. The third-order valence-corrected chi connectivity index (χ3v) is 5.51. The Hall–Kier alpha value is -1.43. The molecule has 1 aromatic carbocycles. The fourth-order valence-electron chi connectivity index (χ4n) is 3.68. The van der Waals surface area contributed by atoms with E-state index >= 15 is 0 Å². The van der Waals surface area contributed by atoms with Crippen LogP contribution in [-0.2, 0) is 11.2 Å². The van der Waals surface area contributed by atoms with Crippen LogP contribution in [0.3, 0.4) is 0 Å². The number of methoxy groups -OCH3 is 1. The maximum atomic E-state index is 14.5. The van der Waals surface area contributed by atoms with E-state index < -0.39 is 36.3 Å². The topological polar surface area (TPSA) is 9.23 Å². The van der Waals surface area contributed by atoms with Crippen molar-refractivity contribution in [1.82, 2.24) is 0 Å². The average molecular weight is 390 g/mol. The third-order valence-electron chi connectivity index (χ3n) is 5.51. The first kappa shape index (κ1) is 21.9. The van der Waals surface area contributed by atoms with Gasteiger partial charge in [-0.3, -0.25) is 0 Å². The van der Waals surface area contributed by atoms with Gasteiger partial charge in [-0.25, -0.2) is 8.78 Å². The van der Waals surface area contributed by atoms with Crippen LogP contribution in [0.4, 0.5) is 22.0 Å². The largest absolute Gasteiger partial charge is 0.394 e. The van der Waals surface area contributed by atoms with Crippen LogP contribution in [0.15, 0.2) is 30.1 Å². The Morgan fingerprint density at radius 3 is 2.15 bits per heavy atom. The van der Waals surface area contributed by atoms with Crippen LogP contribution in [0.2, 0.25) is 0 Å². The van der Waals surface area contributed by atoms with Gasteiger partial charge in [-0.15, -0.1) is 0 Å². The summed E-state index contributed by atoms with van der Waals surface area (Å²) in [5.41, 5.74) is 0.485. The summed E-state index contributed by atoms with van der Waals surface area (Å²) in [4.78, 5) is 0. The molecule has 1 aliphatic carbocycles. The maximum absolute atomic E-state index is 14.5. The standard InChI is InChI=1S/C21H27F5O/c1-3-14-4-8-16(9-5-14)19(22)20(23)17-10-6-15(7-11-17)12-18(13-27-2)21(24,25)26/h6-7,10-11,14,16,18H,3-5,8-9,12-13H2,1-2H3/b20-19-. The molecule has 0 N–H and O–H groups in total. The first-order valence-electron chi connectivity index (χ1n) is 9.46. The van der Waals surface area contributed by atoms with Gasteiger partial charge in [-0.2, -0.15) is 13.2 Å². The van der Waals surface area contributed by atoms with E-state index in [0.717, 1.165) is 19.3 Å². The van der Waals surface area contributed by atoms with E-state index in [9.17, 15) is 22.0 Å². The number of ether oxygens (including phenoxy) is 1. The van der Waals surface area contributed by atoms with Crippen molar-refractivity contribution in [3.8, 4) is 0 Å². The molecule has 1 unspecified atom stereocenters. The molecular weight excluding hydrogens is 363 g/mol. The highest BCUT2D eigenvalue weighted by Gasteiger charge is 2.39. The van der Waals surface area contributed by atoms with Crippen molar-refractivity contribution in [2.24, 2.45) is 17.8 Å². The van der Waals surface area contributed by atoms with Crippen LogP contribution >= 0.6 is 0 Å². The molecule has 1 nitrogen and oxygen atoms in total. The summed E-state index contributed by atoms with van der Waals surface area (Å²) >= 11 is 0. The summed E-state index contributed by atoms with van der Waals surface area (Å²) in [6, 6.07) is 5.54. The smallest absolute Gasteiger partial charge is 0.384 e. The predicted molar refractivity (Wildman–Crippen MR) is 96.4 cm³/mol. The molecule has 1 saturated carbocycles. The molecule has 1 aliphatic rings. The average Bonchev–Trinajstić information content (AvgIpc) is 2.66. The van der Waals surface area contributed by atoms with Gasteiger partial charge in [0.1, 0.15) is 5.83 Å². The van der Waals surface area contributed by atoms with Gasteiger partial charge in [-0.1, -0.05) is 37.6 Å². The Kier molecular flexibility index (Phi) is 7.83. The van der Waals surface area contributed by atoms with Gasteiger partial charge in [-0.05, 0) is 43.6 Å². The van der Waals surface area contributed by atoms with Crippen molar-refractivity contribution in [1.29, 1.82) is 0 Å². The molecule has 27 heavy (non-hydrogen) atoms. The molecule has 0 aliphatic heterocycles. The number of rotatable bonds is 7. The lowest BCUT2D eigenvalue weighted by Crippen LogP contribution is -2.29. The Morgan fingerprint density at radius 2 is 1.67 bits per heavy atom. The van der Waals surface area contributed by atoms with E-state index in [1.807, 2.05) is 0 Å². The van der Waals surface area contributed by atoms with Crippen LogP contribution in [0.5, 0.6) is 0 Å². The number of hydrogen-bond acceptors (Lipinski definition) is 1. The lowest BCUT2D eigenvalue weighted by molar-refractivity contribution is -0.185. The third kappa shape index (κ3) is 6.03. The van der Waals surface area contributed by atoms with Crippen molar-refractivity contribution in [2.75, 3.05) is 13.7 Å². The molecule has 2 rings (SSSR count). The first-order chi connectivity index (χ1) is 12.8. The van der Waals surface area contributed by atoms with Crippen LogP contribution in [0.1, 0.15) is 50.2 Å². The number of benzene rings is 1. The van der Waals surface area contributed by atoms with Crippen LogP contribution < -0.4 is 0 Å². The van der Waals surface area contributed by atoms with Crippen LogP contribution in [0, 0.1) is 17.8 Å². The molecule has 6 heteroatoms. The zero-order chi connectivity index (χ0) is 20.0. The summed E-state index contributed by atoms with van der Waals surface area (Å²) in [5, 5.41) is 0. The SMILES string of the molecule is CCC1CCC(/C(F)=C(/F)c2ccc(CC(COC)C(F)(F)F)cc2)CC1. The minimum atomic E-state index is -4.37. The lowest BCUT2D eigenvalue weighted by atomic mass is 9.80. The molecule has 0 radical (unpaired) electrons. The molecule has 0 aromatic heterocycles. The molecule has 0 heterocycles. The number of allylic oxidation sites excluding steroid dienone is 1. The van der Waals surface area contributed by atoms with Gasteiger partial charge in [0, 0.05) is 18.6 Å². The molecule has 152 valence electrons. The monoisotopic (exact) mass is 390 g/mol. The first-order valence-corrected chi connectivity index (χ1v) is 9.46. The highest BCUT2D eigenvalue weighted by atomic mass is 19.4. The minimum absolute atomic E-state index is 0.0733. The second kappa shape index (κ2) is 9.67. The summed E-state index contributed by atoms with van der Waals surface area (Å²) in [6.45, 7) is 1.67. The highest BCUT2D eigenvalue weighted by molar-refractivity contribution is 5.61. The van der Waals surface area contributed by atoms with Gasteiger partial charge in [0.15, 0.2) is 5.83 Å². The number of halogens is 5. The van der Waals surface area contributed by atoms with Crippen molar-refractivity contribution in [3.05, 3.63) is 41.2 Å². The summed E-state index contributed by atoms with van der Waals surface area (Å²) < 4.78 is 72.6. The van der Waals surface area contributed by atoms with Crippen LogP contribution in [-0.4, -0.2) is 19.9 Å². The Balaban J connectivity index is 2.07. The van der Waals surface area contributed by atoms with E-state index in [2.05, 4.69) is 11.7 Å². The quantitative estimate of drug-likeness (QED) is 0.461. The van der Waals surface area contributed by atoms with Gasteiger partial charge >= 0.3 is 6.18 Å². The maximum Gasteiger partial charge on any atom is 0.394 e. The molecule has 1 atom stereocenters. The summed E-state index contributed by atoms with van der Waals surface area (Å²) in [7, 11) is 1.22. The van der Waals surface area contributed by atoms with E-state index in [4.69, 9.17) is 0 Å². The summed E-state index contributed by atoms with van der Waals surface area (Å²) in [6.07, 6.45) is -0.488.